The highest BCUT2D eigenvalue weighted by atomic mass is 32.2. The molecule has 1 aliphatic heterocycles. The highest BCUT2D eigenvalue weighted by molar-refractivity contribution is 7.89. The van der Waals surface area contributed by atoms with Crippen molar-refractivity contribution >= 4 is 32.6 Å². The van der Waals surface area contributed by atoms with Gasteiger partial charge in [0.2, 0.25) is 15.9 Å². The third-order valence-electron chi connectivity index (χ3n) is 5.78. The third-order valence-corrected chi connectivity index (χ3v) is 7.69. The van der Waals surface area contributed by atoms with Crippen molar-refractivity contribution in [1.29, 1.82) is 5.26 Å². The molecule has 0 atom stereocenters. The number of rotatable bonds is 6. The monoisotopic (exact) mass is 505 g/mol. The molecule has 0 amide bonds. The van der Waals surface area contributed by atoms with Crippen LogP contribution in [0.15, 0.2) is 53.8 Å². The van der Waals surface area contributed by atoms with E-state index >= 15 is 0 Å². The lowest BCUT2D eigenvalue weighted by Gasteiger charge is -2.26. The Hall–Kier alpha value is -4.05. The summed E-state index contributed by atoms with van der Waals surface area (Å²) in [5.41, 5.74) is 3.59. The van der Waals surface area contributed by atoms with E-state index in [9.17, 15) is 8.42 Å². The van der Waals surface area contributed by atoms with E-state index in [1.54, 1.807) is 47.3 Å². The van der Waals surface area contributed by atoms with Crippen LogP contribution in [-0.2, 0) is 21.8 Å². The molecule has 4 aromatic rings. The fourth-order valence-corrected chi connectivity index (χ4v) is 5.26. The first-order valence-corrected chi connectivity index (χ1v) is 12.6. The third kappa shape index (κ3) is 4.59. The molecule has 5 rings (SSSR count). The molecule has 3 aromatic heterocycles. The predicted molar refractivity (Wildman–Crippen MR) is 132 cm³/mol. The zero-order valence-corrected chi connectivity index (χ0v) is 20.5. The van der Waals surface area contributed by atoms with Crippen molar-refractivity contribution in [3.05, 3.63) is 60.2 Å². The molecule has 0 unspecified atom stereocenters. The maximum atomic E-state index is 12.9. The van der Waals surface area contributed by atoms with Crippen molar-refractivity contribution in [1.82, 2.24) is 23.8 Å². The zero-order valence-electron chi connectivity index (χ0n) is 19.7. The highest BCUT2D eigenvalue weighted by Gasteiger charge is 2.26. The number of nitriles is 1. The number of imidazole rings is 1. The predicted octanol–water partition coefficient (Wildman–Crippen LogP) is 3.10. The van der Waals surface area contributed by atoms with Gasteiger partial charge in [-0.05, 0) is 42.8 Å². The van der Waals surface area contributed by atoms with Gasteiger partial charge in [0.1, 0.15) is 17.3 Å². The van der Waals surface area contributed by atoms with Gasteiger partial charge in [0.05, 0.1) is 36.3 Å². The smallest absolute Gasteiger partial charge is 0.243 e. The first-order chi connectivity index (χ1) is 17.3. The number of sulfonamides is 1. The van der Waals surface area contributed by atoms with Gasteiger partial charge in [-0.2, -0.15) is 14.6 Å². The summed E-state index contributed by atoms with van der Waals surface area (Å²) in [5.74, 6) is 0.793. The number of hydrogen-bond donors (Lipinski definition) is 1. The molecule has 11 nitrogen and oxygen atoms in total. The van der Waals surface area contributed by atoms with Gasteiger partial charge in [-0.15, -0.1) is 0 Å². The standard InChI is InChI=1S/C24H23N7O4S/c1-16-11-18(13-25)26-14-21(16)35-22-12-20(23-24(29-22)30(2)15-27-23)28-17-3-5-19(6-4-17)36(32,33)31-7-9-34-10-8-31/h3-6,11-12,14-15H,7-10H2,1-2H3,(H,28,29). The van der Waals surface area contributed by atoms with Crippen LogP contribution < -0.4 is 10.1 Å². The largest absolute Gasteiger partial charge is 0.437 e. The van der Waals surface area contributed by atoms with E-state index in [2.05, 4.69) is 20.3 Å². The van der Waals surface area contributed by atoms with E-state index in [1.165, 1.54) is 10.5 Å². The van der Waals surface area contributed by atoms with E-state index in [4.69, 9.17) is 14.7 Å². The number of nitrogens with one attached hydrogen (secondary N) is 1. The highest BCUT2D eigenvalue weighted by Crippen LogP contribution is 2.32. The molecule has 36 heavy (non-hydrogen) atoms. The minimum absolute atomic E-state index is 0.223. The number of aromatic nitrogens is 4. The normalized spacial score (nSPS) is 14.5. The summed E-state index contributed by atoms with van der Waals surface area (Å²) in [6, 6.07) is 11.9. The molecule has 0 spiro atoms. The van der Waals surface area contributed by atoms with E-state index in [0.29, 0.717) is 66.2 Å². The van der Waals surface area contributed by atoms with Gasteiger partial charge in [-0.25, -0.2) is 18.4 Å². The van der Waals surface area contributed by atoms with Crippen LogP contribution in [0.3, 0.4) is 0 Å². The summed E-state index contributed by atoms with van der Waals surface area (Å²) in [6.45, 7) is 3.29. The van der Waals surface area contributed by atoms with Crippen LogP contribution in [0.1, 0.15) is 11.3 Å². The van der Waals surface area contributed by atoms with Crippen LogP contribution >= 0.6 is 0 Å². The molecule has 1 saturated heterocycles. The van der Waals surface area contributed by atoms with Crippen LogP contribution in [0, 0.1) is 18.3 Å². The number of ether oxygens (including phenoxy) is 2. The quantitative estimate of drug-likeness (QED) is 0.419. The van der Waals surface area contributed by atoms with Crippen molar-refractivity contribution in [2.75, 3.05) is 31.6 Å². The van der Waals surface area contributed by atoms with Crippen LogP contribution in [0.25, 0.3) is 11.2 Å². The number of nitrogens with zero attached hydrogens (tertiary/aromatic N) is 6. The summed E-state index contributed by atoms with van der Waals surface area (Å²) in [6.07, 6.45) is 3.14. The van der Waals surface area contributed by atoms with Crippen LogP contribution in [0.2, 0.25) is 0 Å². The minimum Gasteiger partial charge on any atom is -0.437 e. The maximum absolute atomic E-state index is 12.9. The van der Waals surface area contributed by atoms with Crippen molar-refractivity contribution in [2.45, 2.75) is 11.8 Å². The Balaban J connectivity index is 1.43. The molecule has 12 heteroatoms. The van der Waals surface area contributed by atoms with Crippen molar-refractivity contribution < 1.29 is 17.9 Å². The fraction of sp³-hybridized carbons (Fsp3) is 0.250. The number of pyridine rings is 2. The lowest BCUT2D eigenvalue weighted by atomic mass is 10.2. The van der Waals surface area contributed by atoms with E-state index in [1.807, 2.05) is 20.0 Å². The van der Waals surface area contributed by atoms with Crippen LogP contribution in [0.5, 0.6) is 11.6 Å². The molecule has 1 aromatic carbocycles. The Labute approximate surface area is 208 Å². The number of morpholine rings is 1. The van der Waals surface area contributed by atoms with Gasteiger partial charge < -0.3 is 19.4 Å². The van der Waals surface area contributed by atoms with Crippen molar-refractivity contribution in [3.63, 3.8) is 0 Å². The number of hydrogen-bond acceptors (Lipinski definition) is 9. The topological polar surface area (TPSA) is 135 Å². The van der Waals surface area contributed by atoms with Gasteiger partial charge >= 0.3 is 0 Å². The summed E-state index contributed by atoms with van der Waals surface area (Å²) in [5, 5.41) is 12.3. The zero-order chi connectivity index (χ0) is 25.3. The van der Waals surface area contributed by atoms with Crippen molar-refractivity contribution in [3.8, 4) is 17.7 Å². The molecular weight excluding hydrogens is 482 g/mol. The van der Waals surface area contributed by atoms with Gasteiger partial charge in [-0.3, -0.25) is 0 Å². The Morgan fingerprint density at radius 2 is 1.89 bits per heavy atom. The lowest BCUT2D eigenvalue weighted by Crippen LogP contribution is -2.40. The molecular formula is C24H23N7O4S. The second-order valence-electron chi connectivity index (χ2n) is 8.25. The summed E-state index contributed by atoms with van der Waals surface area (Å²) >= 11 is 0. The average molecular weight is 506 g/mol. The molecule has 0 saturated carbocycles. The fourth-order valence-electron chi connectivity index (χ4n) is 3.85. The second-order valence-corrected chi connectivity index (χ2v) is 10.2. The summed E-state index contributed by atoms with van der Waals surface area (Å²) in [7, 11) is -1.75. The van der Waals surface area contributed by atoms with Crippen LogP contribution in [0.4, 0.5) is 11.4 Å². The van der Waals surface area contributed by atoms with E-state index in [-0.39, 0.29) is 4.90 Å². The SMILES string of the molecule is Cc1cc(C#N)ncc1Oc1cc(Nc2ccc(S(=O)(=O)N3CCOCC3)cc2)c2ncn(C)c2n1. The lowest BCUT2D eigenvalue weighted by molar-refractivity contribution is 0.0730. The average Bonchev–Trinajstić information content (AvgIpc) is 3.27. The van der Waals surface area contributed by atoms with Gasteiger partial charge in [0.15, 0.2) is 11.4 Å². The summed E-state index contributed by atoms with van der Waals surface area (Å²) < 4.78 is 40.3. The molecule has 0 bridgehead atoms. The molecule has 1 aliphatic rings. The molecule has 184 valence electrons. The number of benzene rings is 1. The van der Waals surface area contributed by atoms with Gasteiger partial charge in [0.25, 0.3) is 0 Å². The Morgan fingerprint density at radius 1 is 1.14 bits per heavy atom. The Bertz CT molecular complexity index is 1570. The molecule has 4 heterocycles. The number of anilines is 2. The maximum Gasteiger partial charge on any atom is 0.243 e. The van der Waals surface area contributed by atoms with E-state index < -0.39 is 10.0 Å². The number of aryl methyl sites for hydroxylation is 2. The first-order valence-electron chi connectivity index (χ1n) is 11.2. The minimum atomic E-state index is -3.58. The Morgan fingerprint density at radius 3 is 2.58 bits per heavy atom. The molecule has 1 N–H and O–H groups in total. The molecule has 0 aliphatic carbocycles. The summed E-state index contributed by atoms with van der Waals surface area (Å²) in [4.78, 5) is 13.3. The van der Waals surface area contributed by atoms with E-state index in [0.717, 1.165) is 5.56 Å². The molecule has 1 fully saturated rings. The Kier molecular flexibility index (Phi) is 6.27. The molecule has 0 radical (unpaired) electrons. The van der Waals surface area contributed by atoms with Gasteiger partial charge in [-0.1, -0.05) is 0 Å². The number of fused-ring (bicyclic) bond motifs is 1. The van der Waals surface area contributed by atoms with Gasteiger partial charge in [0, 0.05) is 31.9 Å². The first kappa shape index (κ1) is 23.7. The second kappa shape index (κ2) is 9.54. The van der Waals surface area contributed by atoms with Crippen molar-refractivity contribution in [2.24, 2.45) is 7.05 Å². The van der Waals surface area contributed by atoms with Crippen LogP contribution in [-0.4, -0.2) is 58.5 Å².